The van der Waals surface area contributed by atoms with E-state index < -0.39 is 0 Å². The minimum absolute atomic E-state index is 0.247. The molecule has 0 bridgehead atoms. The zero-order valence-electron chi connectivity index (χ0n) is 19.9. The van der Waals surface area contributed by atoms with Gasteiger partial charge in [0.25, 0.3) is 5.91 Å². The molecule has 1 amide bonds. The van der Waals surface area contributed by atoms with E-state index in [0.717, 1.165) is 17.7 Å². The fourth-order valence-corrected chi connectivity index (χ4v) is 3.34. The van der Waals surface area contributed by atoms with Gasteiger partial charge < -0.3 is 23.9 Å². The van der Waals surface area contributed by atoms with Gasteiger partial charge in [0.05, 0.1) is 13.2 Å². The van der Waals surface area contributed by atoms with Crippen molar-refractivity contribution in [3.8, 4) is 17.2 Å². The van der Waals surface area contributed by atoms with Crippen molar-refractivity contribution in [2.75, 3.05) is 13.2 Å². The van der Waals surface area contributed by atoms with Crippen LogP contribution in [0.15, 0.2) is 59.0 Å². The first-order valence-corrected chi connectivity index (χ1v) is 11.5. The fourth-order valence-electron chi connectivity index (χ4n) is 3.34. The van der Waals surface area contributed by atoms with Crippen molar-refractivity contribution in [3.63, 3.8) is 0 Å². The molecule has 1 aromatic heterocycles. The summed E-state index contributed by atoms with van der Waals surface area (Å²) in [5.41, 5.74) is 2.20. The van der Waals surface area contributed by atoms with Crippen molar-refractivity contribution in [1.29, 1.82) is 0 Å². The molecule has 0 fully saturated rings. The molecule has 0 saturated carbocycles. The van der Waals surface area contributed by atoms with Gasteiger partial charge in [0.2, 0.25) is 0 Å². The Kier molecular flexibility index (Phi) is 8.81. The third-order valence-electron chi connectivity index (χ3n) is 5.39. The summed E-state index contributed by atoms with van der Waals surface area (Å²) in [6.45, 7) is 9.93. The lowest BCUT2D eigenvalue weighted by Crippen LogP contribution is -2.22. The topological polar surface area (TPSA) is 69.9 Å². The molecule has 176 valence electrons. The van der Waals surface area contributed by atoms with Crippen molar-refractivity contribution in [2.45, 2.75) is 53.2 Å². The molecular weight excluding hydrogens is 418 g/mol. The predicted molar refractivity (Wildman–Crippen MR) is 128 cm³/mol. The molecule has 1 heterocycles. The monoisotopic (exact) mass is 451 g/mol. The minimum Gasteiger partial charge on any atom is -0.490 e. The molecule has 6 heteroatoms. The number of ether oxygens (including phenoxy) is 3. The highest BCUT2D eigenvalue weighted by molar-refractivity contribution is 5.91. The molecule has 3 aromatic rings. The largest absolute Gasteiger partial charge is 0.490 e. The van der Waals surface area contributed by atoms with Crippen LogP contribution in [0.3, 0.4) is 0 Å². The van der Waals surface area contributed by atoms with Gasteiger partial charge in [-0.05, 0) is 73.7 Å². The number of benzene rings is 2. The first-order chi connectivity index (χ1) is 16.0. The number of carbonyl (C=O) groups is 1. The van der Waals surface area contributed by atoms with Crippen molar-refractivity contribution in [1.82, 2.24) is 5.32 Å². The molecule has 1 unspecified atom stereocenters. The molecule has 0 spiro atoms. The van der Waals surface area contributed by atoms with E-state index >= 15 is 0 Å². The number of amides is 1. The fraction of sp³-hybridized carbons (Fsp3) is 0.370. The lowest BCUT2D eigenvalue weighted by molar-refractivity contribution is 0.0919. The van der Waals surface area contributed by atoms with Gasteiger partial charge in [-0.25, -0.2) is 0 Å². The van der Waals surface area contributed by atoms with Gasteiger partial charge in [-0.2, -0.15) is 0 Å². The number of hydrogen-bond donors (Lipinski definition) is 1. The Bertz CT molecular complexity index is 1030. The van der Waals surface area contributed by atoms with Crippen LogP contribution >= 0.6 is 0 Å². The Labute approximate surface area is 195 Å². The van der Waals surface area contributed by atoms with Crippen LogP contribution < -0.4 is 19.5 Å². The number of nitrogens with one attached hydrogen (secondary N) is 1. The van der Waals surface area contributed by atoms with E-state index in [4.69, 9.17) is 18.6 Å². The number of rotatable bonds is 12. The smallest absolute Gasteiger partial charge is 0.287 e. The van der Waals surface area contributed by atoms with E-state index in [-0.39, 0.29) is 18.3 Å². The van der Waals surface area contributed by atoms with Crippen molar-refractivity contribution >= 4 is 5.91 Å². The van der Waals surface area contributed by atoms with E-state index in [1.165, 1.54) is 5.56 Å². The van der Waals surface area contributed by atoms with Gasteiger partial charge in [0.15, 0.2) is 17.3 Å². The maximum Gasteiger partial charge on any atom is 0.287 e. The van der Waals surface area contributed by atoms with Crippen LogP contribution in [-0.4, -0.2) is 19.1 Å². The summed E-state index contributed by atoms with van der Waals surface area (Å²) in [5, 5.41) is 2.88. The third-order valence-corrected chi connectivity index (χ3v) is 5.39. The molecule has 1 N–H and O–H groups in total. The molecular formula is C27H33NO5. The van der Waals surface area contributed by atoms with Crippen LogP contribution in [0.2, 0.25) is 0 Å². The summed E-state index contributed by atoms with van der Waals surface area (Å²) in [4.78, 5) is 12.5. The third kappa shape index (κ3) is 6.78. The predicted octanol–water partition coefficient (Wildman–Crippen LogP) is 6.10. The number of carbonyl (C=O) groups excluding carboxylic acids is 1. The van der Waals surface area contributed by atoms with Crippen molar-refractivity contribution in [3.05, 3.63) is 77.2 Å². The maximum absolute atomic E-state index is 12.5. The summed E-state index contributed by atoms with van der Waals surface area (Å²) < 4.78 is 22.7. The van der Waals surface area contributed by atoms with Crippen LogP contribution in [0.1, 0.15) is 67.5 Å². The average Bonchev–Trinajstić information content (AvgIpc) is 3.32. The van der Waals surface area contributed by atoms with Gasteiger partial charge in [0, 0.05) is 6.54 Å². The minimum atomic E-state index is -0.286. The normalized spacial score (nSPS) is 11.6. The van der Waals surface area contributed by atoms with Crippen molar-refractivity contribution in [2.24, 2.45) is 0 Å². The molecule has 6 nitrogen and oxygen atoms in total. The van der Waals surface area contributed by atoms with Crippen LogP contribution in [0.25, 0.3) is 0 Å². The molecule has 0 aliphatic carbocycles. The average molecular weight is 452 g/mol. The van der Waals surface area contributed by atoms with E-state index in [2.05, 4.69) is 31.3 Å². The van der Waals surface area contributed by atoms with Gasteiger partial charge in [-0.15, -0.1) is 0 Å². The Hall–Kier alpha value is -3.41. The summed E-state index contributed by atoms with van der Waals surface area (Å²) in [7, 11) is 0. The van der Waals surface area contributed by atoms with E-state index in [1.54, 1.807) is 12.1 Å². The van der Waals surface area contributed by atoms with Crippen LogP contribution in [0.5, 0.6) is 17.2 Å². The maximum atomic E-state index is 12.5. The van der Waals surface area contributed by atoms with Gasteiger partial charge in [-0.1, -0.05) is 32.0 Å². The molecule has 3 rings (SSSR count). The van der Waals surface area contributed by atoms with Gasteiger partial charge in [0.1, 0.15) is 18.1 Å². The summed E-state index contributed by atoms with van der Waals surface area (Å²) in [6, 6.07) is 17.1. The summed E-state index contributed by atoms with van der Waals surface area (Å²) in [5.74, 6) is 3.21. The molecule has 1 atom stereocenters. The Morgan fingerprint density at radius 2 is 1.64 bits per heavy atom. The summed E-state index contributed by atoms with van der Waals surface area (Å²) >= 11 is 0. The lowest BCUT2D eigenvalue weighted by atomic mass is 9.99. The first kappa shape index (κ1) is 24.2. The quantitative estimate of drug-likeness (QED) is 0.360. The standard InChI is InChI=1S/C27H33NO5/c1-5-19(4)21-9-11-22(12-10-21)32-18-23-13-15-25(33-23)27(29)28-17-20-8-14-24(30-6-2)26(16-20)31-7-3/h8-16,19H,5-7,17-18H2,1-4H3,(H,28,29). The van der Waals surface area contributed by atoms with E-state index in [0.29, 0.717) is 42.9 Å². The molecule has 2 aromatic carbocycles. The number of furan rings is 1. The van der Waals surface area contributed by atoms with Crippen molar-refractivity contribution < 1.29 is 23.4 Å². The number of hydrogen-bond acceptors (Lipinski definition) is 5. The highest BCUT2D eigenvalue weighted by Gasteiger charge is 2.13. The summed E-state index contributed by atoms with van der Waals surface area (Å²) in [6.07, 6.45) is 1.10. The second kappa shape index (κ2) is 12.0. The molecule has 0 saturated heterocycles. The van der Waals surface area contributed by atoms with E-state index in [1.807, 2.05) is 44.2 Å². The zero-order chi connectivity index (χ0) is 23.6. The second-order valence-electron chi connectivity index (χ2n) is 7.76. The second-order valence-corrected chi connectivity index (χ2v) is 7.76. The first-order valence-electron chi connectivity index (χ1n) is 11.5. The molecule has 0 radical (unpaired) electrons. The van der Waals surface area contributed by atoms with E-state index in [9.17, 15) is 4.79 Å². The Morgan fingerprint density at radius 3 is 2.33 bits per heavy atom. The van der Waals surface area contributed by atoms with Gasteiger partial charge in [-0.3, -0.25) is 4.79 Å². The molecule has 33 heavy (non-hydrogen) atoms. The van der Waals surface area contributed by atoms with Crippen LogP contribution in [0.4, 0.5) is 0 Å². The molecule has 0 aliphatic heterocycles. The Morgan fingerprint density at radius 1 is 0.909 bits per heavy atom. The SMILES string of the molecule is CCOc1ccc(CNC(=O)c2ccc(COc3ccc(C(C)CC)cc3)o2)cc1OCC. The Balaban J connectivity index is 1.53. The molecule has 0 aliphatic rings. The lowest BCUT2D eigenvalue weighted by Gasteiger charge is -2.12. The van der Waals surface area contributed by atoms with Crippen LogP contribution in [-0.2, 0) is 13.2 Å². The van der Waals surface area contributed by atoms with Crippen LogP contribution in [0, 0.1) is 0 Å². The highest BCUT2D eigenvalue weighted by Crippen LogP contribution is 2.28. The zero-order valence-corrected chi connectivity index (χ0v) is 19.9. The van der Waals surface area contributed by atoms with Gasteiger partial charge >= 0.3 is 0 Å². The highest BCUT2D eigenvalue weighted by atomic mass is 16.5.